The Morgan fingerprint density at radius 2 is 0.862 bits per heavy atom. The molecular formula is C22H44O6Ti. The average molecular weight is 452 g/mol. The predicted molar refractivity (Wildman–Crippen MR) is 107 cm³/mol. The van der Waals surface area contributed by atoms with Gasteiger partial charge < -0.3 is 30.0 Å². The summed E-state index contributed by atoms with van der Waals surface area (Å²) in [4.78, 5) is 20.7. The van der Waals surface area contributed by atoms with Crippen molar-refractivity contribution in [2.75, 3.05) is 13.2 Å². The molecule has 0 aliphatic rings. The van der Waals surface area contributed by atoms with E-state index in [1.54, 1.807) is 0 Å². The molecule has 0 saturated carbocycles. The van der Waals surface area contributed by atoms with Crippen LogP contribution in [0.4, 0.5) is 0 Å². The fourth-order valence-electron chi connectivity index (χ4n) is 1.88. The number of carbonyl (C=O) groups excluding carboxylic acids is 2. The second-order valence-electron chi connectivity index (χ2n) is 6.54. The summed E-state index contributed by atoms with van der Waals surface area (Å²) in [6.45, 7) is 11.8. The van der Waals surface area contributed by atoms with Crippen LogP contribution < -0.4 is 20.4 Å². The second-order valence-corrected chi connectivity index (χ2v) is 6.54. The maximum Gasteiger partial charge on any atom is 4.00 e. The van der Waals surface area contributed by atoms with Gasteiger partial charge in [0.05, 0.1) is 0 Å². The average Bonchev–Trinajstić information content (AvgIpc) is 2.69. The maximum absolute atomic E-state index is 10.3. The van der Waals surface area contributed by atoms with Gasteiger partial charge in [-0.2, -0.15) is 0 Å². The zero-order valence-electron chi connectivity index (χ0n) is 19.6. The van der Waals surface area contributed by atoms with Gasteiger partial charge in [-0.1, -0.05) is 80.1 Å². The number of carbonyl (C=O) groups is 2. The predicted octanol–water partition coefficient (Wildman–Crippen LogP) is 1.42. The molecule has 0 aliphatic carbocycles. The van der Waals surface area contributed by atoms with Crippen molar-refractivity contribution in [2.24, 2.45) is 11.8 Å². The van der Waals surface area contributed by atoms with Crippen LogP contribution in [0.15, 0.2) is 0 Å². The van der Waals surface area contributed by atoms with Crippen molar-refractivity contribution >= 4 is 11.9 Å². The van der Waals surface area contributed by atoms with Gasteiger partial charge in [0, 0.05) is 11.9 Å². The van der Waals surface area contributed by atoms with Crippen molar-refractivity contribution in [2.45, 2.75) is 106 Å². The van der Waals surface area contributed by atoms with Crippen LogP contribution in [0.2, 0.25) is 0 Å². The van der Waals surface area contributed by atoms with Crippen LogP contribution in [-0.2, 0) is 31.3 Å². The standard InChI is InChI=1S/2C8H16O2.2C3H7O.Ti/c2*1-3-5-6-7(4-2)8(9)10;2*1-2-3-4;/h2*7H,3-6H2,1-2H3,(H,9,10);2*2-3H2,1H3;/q;;2*-1;+4/p-2. The summed E-state index contributed by atoms with van der Waals surface area (Å²) in [5.74, 6) is -2.23. The summed E-state index contributed by atoms with van der Waals surface area (Å²) < 4.78 is 0. The topological polar surface area (TPSA) is 126 Å². The molecule has 29 heavy (non-hydrogen) atoms. The first kappa shape index (κ1) is 39.1. The molecular weight excluding hydrogens is 408 g/mol. The van der Waals surface area contributed by atoms with E-state index >= 15 is 0 Å². The molecule has 0 aromatic carbocycles. The zero-order valence-corrected chi connectivity index (χ0v) is 21.2. The zero-order chi connectivity index (χ0) is 22.8. The molecule has 0 fully saturated rings. The van der Waals surface area contributed by atoms with E-state index in [9.17, 15) is 30.0 Å². The molecule has 0 rings (SSSR count). The molecule has 0 radical (unpaired) electrons. The molecule has 0 bridgehead atoms. The van der Waals surface area contributed by atoms with Crippen LogP contribution in [0.1, 0.15) is 106 Å². The first-order valence-corrected chi connectivity index (χ1v) is 10.8. The normalized spacial score (nSPS) is 11.0. The number of aliphatic carboxylic acids is 2. The van der Waals surface area contributed by atoms with Crippen molar-refractivity contribution in [3.05, 3.63) is 0 Å². The molecule has 0 spiro atoms. The van der Waals surface area contributed by atoms with Gasteiger partial charge in [0.2, 0.25) is 0 Å². The van der Waals surface area contributed by atoms with Gasteiger partial charge in [-0.05, 0) is 37.5 Å². The molecule has 172 valence electrons. The number of hydrogen-bond acceptors (Lipinski definition) is 6. The molecule has 7 heteroatoms. The fraction of sp³-hybridized carbons (Fsp3) is 0.909. The van der Waals surface area contributed by atoms with E-state index in [4.69, 9.17) is 0 Å². The molecule has 0 heterocycles. The molecule has 0 aromatic heterocycles. The van der Waals surface area contributed by atoms with Crippen LogP contribution in [-0.4, -0.2) is 25.2 Å². The summed E-state index contributed by atoms with van der Waals surface area (Å²) in [5, 5.41) is 39.2. The maximum atomic E-state index is 10.3. The Morgan fingerprint density at radius 1 is 0.621 bits per heavy atom. The van der Waals surface area contributed by atoms with Gasteiger partial charge in [-0.15, -0.1) is 13.2 Å². The number of rotatable bonds is 12. The van der Waals surface area contributed by atoms with E-state index in [-0.39, 0.29) is 46.8 Å². The van der Waals surface area contributed by atoms with E-state index in [2.05, 4.69) is 13.8 Å². The first-order chi connectivity index (χ1) is 13.3. The summed E-state index contributed by atoms with van der Waals surface area (Å²) >= 11 is 0. The molecule has 0 saturated heterocycles. The van der Waals surface area contributed by atoms with Crippen molar-refractivity contribution in [1.29, 1.82) is 0 Å². The van der Waals surface area contributed by atoms with Crippen molar-refractivity contribution < 1.29 is 51.7 Å². The molecule has 0 N–H and O–H groups in total. The van der Waals surface area contributed by atoms with Gasteiger partial charge in [0.1, 0.15) is 0 Å². The number of hydrogen-bond donors (Lipinski definition) is 0. The van der Waals surface area contributed by atoms with Crippen LogP contribution in [0.3, 0.4) is 0 Å². The van der Waals surface area contributed by atoms with E-state index in [0.717, 1.165) is 51.4 Å². The van der Waals surface area contributed by atoms with Crippen LogP contribution in [0.25, 0.3) is 0 Å². The van der Waals surface area contributed by atoms with Gasteiger partial charge in [-0.3, -0.25) is 0 Å². The summed E-state index contributed by atoms with van der Waals surface area (Å²) in [6, 6.07) is 0. The Morgan fingerprint density at radius 3 is 0.966 bits per heavy atom. The minimum Gasteiger partial charge on any atom is -0.854 e. The van der Waals surface area contributed by atoms with E-state index in [1.165, 1.54) is 0 Å². The van der Waals surface area contributed by atoms with E-state index < -0.39 is 11.9 Å². The smallest absolute Gasteiger partial charge is 0.854 e. The molecule has 2 unspecified atom stereocenters. The Kier molecular flexibility index (Phi) is 47.2. The summed E-state index contributed by atoms with van der Waals surface area (Å²) in [5.41, 5.74) is 0. The SMILES string of the molecule is CCCCC(CC)C(=O)[O-].CCCCC(CC)C(=O)[O-].CCC[O-].CCC[O-].[Ti+4]. The van der Waals surface area contributed by atoms with Gasteiger partial charge >= 0.3 is 21.7 Å². The Labute approximate surface area is 194 Å². The van der Waals surface area contributed by atoms with Crippen LogP contribution >= 0.6 is 0 Å². The number of unbranched alkanes of at least 4 members (excludes halogenated alkanes) is 2. The monoisotopic (exact) mass is 452 g/mol. The molecule has 2 atom stereocenters. The Hall–Kier alpha value is -0.426. The van der Waals surface area contributed by atoms with Crippen molar-refractivity contribution in [3.8, 4) is 0 Å². The van der Waals surface area contributed by atoms with Gasteiger partial charge in [-0.25, -0.2) is 0 Å². The third kappa shape index (κ3) is 38.7. The third-order valence-corrected chi connectivity index (χ3v) is 3.87. The quantitative estimate of drug-likeness (QED) is 0.412. The molecule has 0 amide bonds. The van der Waals surface area contributed by atoms with Crippen molar-refractivity contribution in [3.63, 3.8) is 0 Å². The molecule has 0 aromatic rings. The Bertz CT molecular complexity index is 280. The van der Waals surface area contributed by atoms with E-state index in [0.29, 0.717) is 12.8 Å². The largest absolute Gasteiger partial charge is 4.00 e. The third-order valence-electron chi connectivity index (χ3n) is 3.87. The van der Waals surface area contributed by atoms with Gasteiger partial charge in [0.15, 0.2) is 0 Å². The van der Waals surface area contributed by atoms with E-state index in [1.807, 2.05) is 27.7 Å². The van der Waals surface area contributed by atoms with Gasteiger partial charge in [0.25, 0.3) is 0 Å². The second kappa shape index (κ2) is 35.0. The fourth-order valence-corrected chi connectivity index (χ4v) is 1.88. The summed E-state index contributed by atoms with van der Waals surface area (Å²) in [6.07, 6.45) is 8.57. The first-order valence-electron chi connectivity index (χ1n) is 10.8. The minimum absolute atomic E-state index is 0. The summed E-state index contributed by atoms with van der Waals surface area (Å²) in [7, 11) is 0. The van der Waals surface area contributed by atoms with Crippen LogP contribution in [0.5, 0.6) is 0 Å². The van der Waals surface area contributed by atoms with Crippen molar-refractivity contribution in [1.82, 2.24) is 0 Å². The molecule has 0 aliphatic heterocycles. The van der Waals surface area contributed by atoms with Crippen LogP contribution in [0, 0.1) is 11.8 Å². The minimum atomic E-state index is -0.893. The number of carboxylic acids is 2. The molecule has 6 nitrogen and oxygen atoms in total. The Balaban J connectivity index is -0.0000000950. The number of carboxylic acid groups (broad SMARTS) is 2.